The molecule has 1 saturated heterocycles. The lowest BCUT2D eigenvalue weighted by Gasteiger charge is -2.24. The topological polar surface area (TPSA) is 64.3 Å². The number of carboxylic acid groups (broad SMARTS) is 1. The van der Waals surface area contributed by atoms with E-state index in [1.165, 1.54) is 0 Å². The number of carbonyl (C=O) groups is 1. The van der Waals surface area contributed by atoms with Gasteiger partial charge in [-0.1, -0.05) is 30.3 Å². The van der Waals surface area contributed by atoms with Crippen LogP contribution in [-0.4, -0.2) is 29.1 Å². The van der Waals surface area contributed by atoms with E-state index in [1.807, 2.05) is 35.2 Å². The zero-order valence-electron chi connectivity index (χ0n) is 9.41. The molecule has 1 aromatic carbocycles. The van der Waals surface area contributed by atoms with Crippen molar-refractivity contribution in [3.05, 3.63) is 35.9 Å². The molecule has 2 atom stereocenters. The van der Waals surface area contributed by atoms with Crippen LogP contribution in [0.4, 0.5) is 0 Å². The summed E-state index contributed by atoms with van der Waals surface area (Å²) in [5.74, 6) is -0.893. The average molecular weight is 230 g/mol. The fourth-order valence-electron chi connectivity index (χ4n) is 2.27. The molecular weight excluding hydrogens is 216 g/mol. The highest BCUT2D eigenvalue weighted by Crippen LogP contribution is 2.27. The molecule has 0 radical (unpaired) electrons. The first-order chi connectivity index (χ1) is 8.22. The van der Waals surface area contributed by atoms with Crippen molar-refractivity contribution in [3.63, 3.8) is 0 Å². The number of benzene rings is 1. The molecule has 0 spiro atoms. The van der Waals surface area contributed by atoms with Gasteiger partial charge < -0.3 is 5.11 Å². The van der Waals surface area contributed by atoms with Crippen molar-refractivity contribution >= 4 is 5.97 Å². The Labute approximate surface area is 100 Å². The van der Waals surface area contributed by atoms with Crippen LogP contribution in [0, 0.1) is 17.2 Å². The molecule has 4 heteroatoms. The van der Waals surface area contributed by atoms with Gasteiger partial charge in [0.1, 0.15) is 6.04 Å². The summed E-state index contributed by atoms with van der Waals surface area (Å²) in [6.07, 6.45) is 0.757. The van der Waals surface area contributed by atoms with Gasteiger partial charge >= 0.3 is 5.97 Å². The van der Waals surface area contributed by atoms with Gasteiger partial charge in [-0.3, -0.25) is 9.69 Å². The predicted octanol–water partition coefficient (Wildman–Crippen LogP) is 1.66. The Morgan fingerprint density at radius 1 is 1.47 bits per heavy atom. The highest BCUT2D eigenvalue weighted by atomic mass is 16.4. The normalized spacial score (nSPS) is 21.9. The van der Waals surface area contributed by atoms with Crippen molar-refractivity contribution in [2.24, 2.45) is 5.92 Å². The largest absolute Gasteiger partial charge is 0.480 e. The lowest BCUT2D eigenvalue weighted by molar-refractivity contribution is -0.143. The molecule has 1 aromatic rings. The number of hydrogen-bond acceptors (Lipinski definition) is 3. The molecule has 1 heterocycles. The van der Waals surface area contributed by atoms with Gasteiger partial charge in [0, 0.05) is 13.1 Å². The van der Waals surface area contributed by atoms with E-state index in [1.54, 1.807) is 0 Å². The van der Waals surface area contributed by atoms with Crippen molar-refractivity contribution in [1.29, 1.82) is 5.26 Å². The second kappa shape index (κ2) is 4.98. The van der Waals surface area contributed by atoms with Crippen LogP contribution in [0.15, 0.2) is 30.3 Å². The fourth-order valence-corrected chi connectivity index (χ4v) is 2.27. The monoisotopic (exact) mass is 230 g/mol. The molecule has 1 aliphatic rings. The van der Waals surface area contributed by atoms with Crippen LogP contribution in [0.1, 0.15) is 18.0 Å². The Hall–Kier alpha value is -1.86. The van der Waals surface area contributed by atoms with Crippen LogP contribution < -0.4 is 0 Å². The average Bonchev–Trinajstić information content (AvgIpc) is 2.79. The molecule has 4 nitrogen and oxygen atoms in total. The molecule has 1 N–H and O–H groups in total. The Balaban J connectivity index is 2.20. The second-order valence-electron chi connectivity index (χ2n) is 4.26. The number of hydrogen-bond donors (Lipinski definition) is 1. The molecule has 88 valence electrons. The number of aliphatic carboxylic acids is 1. The third kappa shape index (κ3) is 2.45. The van der Waals surface area contributed by atoms with Crippen LogP contribution in [0.5, 0.6) is 0 Å². The summed E-state index contributed by atoms with van der Waals surface area (Å²) in [6.45, 7) is 1.21. The van der Waals surface area contributed by atoms with E-state index in [-0.39, 0.29) is 5.92 Å². The van der Waals surface area contributed by atoms with E-state index in [2.05, 4.69) is 6.07 Å². The Kier molecular flexibility index (Phi) is 3.40. The van der Waals surface area contributed by atoms with Gasteiger partial charge in [0.25, 0.3) is 0 Å². The van der Waals surface area contributed by atoms with Gasteiger partial charge in [0.05, 0.1) is 12.0 Å². The van der Waals surface area contributed by atoms with Crippen molar-refractivity contribution in [2.75, 3.05) is 13.1 Å². The Morgan fingerprint density at radius 3 is 2.71 bits per heavy atom. The second-order valence-corrected chi connectivity index (χ2v) is 4.26. The number of nitriles is 1. The zero-order chi connectivity index (χ0) is 12.3. The molecule has 0 aliphatic carbocycles. The summed E-state index contributed by atoms with van der Waals surface area (Å²) in [6, 6.07) is 10.7. The molecule has 1 fully saturated rings. The molecular formula is C13H14N2O2. The number of carboxylic acids is 1. The summed E-state index contributed by atoms with van der Waals surface area (Å²) in [7, 11) is 0. The lowest BCUT2D eigenvalue weighted by atomic mass is 10.1. The number of likely N-dealkylation sites (tertiary alicyclic amines) is 1. The van der Waals surface area contributed by atoms with Crippen molar-refractivity contribution < 1.29 is 9.90 Å². The Bertz CT molecular complexity index is 438. The summed E-state index contributed by atoms with van der Waals surface area (Å²) in [5.41, 5.74) is 0.776. The highest BCUT2D eigenvalue weighted by Gasteiger charge is 2.33. The van der Waals surface area contributed by atoms with E-state index in [4.69, 9.17) is 5.26 Å². The SMILES string of the molecule is N#CC1CCN(C(C(=O)O)c2ccccc2)C1. The first-order valence-corrected chi connectivity index (χ1v) is 5.64. The van der Waals surface area contributed by atoms with Crippen molar-refractivity contribution in [2.45, 2.75) is 12.5 Å². The van der Waals surface area contributed by atoms with E-state index >= 15 is 0 Å². The van der Waals surface area contributed by atoms with Crippen LogP contribution in [-0.2, 0) is 4.79 Å². The molecule has 17 heavy (non-hydrogen) atoms. The van der Waals surface area contributed by atoms with Crippen LogP contribution in [0.25, 0.3) is 0 Å². The molecule has 0 aromatic heterocycles. The minimum atomic E-state index is -0.852. The first kappa shape index (κ1) is 11.6. The third-order valence-corrected chi connectivity index (χ3v) is 3.12. The first-order valence-electron chi connectivity index (χ1n) is 5.64. The third-order valence-electron chi connectivity index (χ3n) is 3.12. The predicted molar refractivity (Wildman–Crippen MR) is 62.1 cm³/mol. The van der Waals surface area contributed by atoms with Gasteiger partial charge in [-0.05, 0) is 12.0 Å². The van der Waals surface area contributed by atoms with Gasteiger partial charge in [-0.15, -0.1) is 0 Å². The molecule has 0 bridgehead atoms. The minimum absolute atomic E-state index is 0.0411. The molecule has 0 amide bonds. The number of nitrogens with zero attached hydrogens (tertiary/aromatic N) is 2. The Morgan fingerprint density at radius 2 is 2.18 bits per heavy atom. The smallest absolute Gasteiger partial charge is 0.325 e. The summed E-state index contributed by atoms with van der Waals surface area (Å²) >= 11 is 0. The fraction of sp³-hybridized carbons (Fsp3) is 0.385. The van der Waals surface area contributed by atoms with Gasteiger partial charge in [0.2, 0.25) is 0 Å². The van der Waals surface area contributed by atoms with Crippen LogP contribution in [0.3, 0.4) is 0 Å². The van der Waals surface area contributed by atoms with E-state index < -0.39 is 12.0 Å². The highest BCUT2D eigenvalue weighted by molar-refractivity contribution is 5.75. The summed E-state index contributed by atoms with van der Waals surface area (Å²) < 4.78 is 0. The quantitative estimate of drug-likeness (QED) is 0.857. The molecule has 0 saturated carbocycles. The van der Waals surface area contributed by atoms with Crippen LogP contribution in [0.2, 0.25) is 0 Å². The summed E-state index contributed by atoms with van der Waals surface area (Å²) in [4.78, 5) is 13.2. The lowest BCUT2D eigenvalue weighted by Crippen LogP contribution is -2.32. The maximum absolute atomic E-state index is 11.4. The van der Waals surface area contributed by atoms with Crippen LogP contribution >= 0.6 is 0 Å². The zero-order valence-corrected chi connectivity index (χ0v) is 9.41. The molecule has 2 unspecified atom stereocenters. The van der Waals surface area contributed by atoms with E-state index in [9.17, 15) is 9.90 Å². The molecule has 1 aliphatic heterocycles. The van der Waals surface area contributed by atoms with Gasteiger partial charge in [-0.2, -0.15) is 5.26 Å². The van der Waals surface area contributed by atoms with Crippen molar-refractivity contribution in [1.82, 2.24) is 4.90 Å². The summed E-state index contributed by atoms with van der Waals surface area (Å²) in [5, 5.41) is 18.2. The van der Waals surface area contributed by atoms with Gasteiger partial charge in [0.15, 0.2) is 0 Å². The standard InChI is InChI=1S/C13H14N2O2/c14-8-10-6-7-15(9-10)12(13(16)17)11-4-2-1-3-5-11/h1-5,10,12H,6-7,9H2,(H,16,17). The number of rotatable bonds is 3. The maximum atomic E-state index is 11.4. The van der Waals surface area contributed by atoms with E-state index in [0.29, 0.717) is 13.1 Å². The minimum Gasteiger partial charge on any atom is -0.480 e. The van der Waals surface area contributed by atoms with Gasteiger partial charge in [-0.25, -0.2) is 0 Å². The maximum Gasteiger partial charge on any atom is 0.325 e. The van der Waals surface area contributed by atoms with Crippen molar-refractivity contribution in [3.8, 4) is 6.07 Å². The van der Waals surface area contributed by atoms with E-state index in [0.717, 1.165) is 12.0 Å². The molecule has 2 rings (SSSR count).